The zero-order valence-electron chi connectivity index (χ0n) is 20.5. The predicted octanol–water partition coefficient (Wildman–Crippen LogP) is 2.90. The van der Waals surface area contributed by atoms with Crippen LogP contribution in [0.15, 0.2) is 50.6 Å². The molecule has 0 amide bonds. The van der Waals surface area contributed by atoms with Crippen LogP contribution in [0.25, 0.3) is 6.08 Å². The van der Waals surface area contributed by atoms with Gasteiger partial charge in [-0.05, 0) is 0 Å². The Bertz CT molecular complexity index is 826. The van der Waals surface area contributed by atoms with Gasteiger partial charge in [0.05, 0.1) is 0 Å². The van der Waals surface area contributed by atoms with E-state index in [-0.39, 0.29) is 32.7 Å². The van der Waals surface area contributed by atoms with Gasteiger partial charge < -0.3 is 24.8 Å². The molecule has 170 valence electrons. The van der Waals surface area contributed by atoms with Gasteiger partial charge in [0.1, 0.15) is 0 Å². The molecule has 0 spiro atoms. The fourth-order valence-corrected chi connectivity index (χ4v) is 15.1. The molecule has 0 saturated heterocycles. The normalized spacial score (nSPS) is 18.9. The van der Waals surface area contributed by atoms with Gasteiger partial charge in [0, 0.05) is 0 Å². The van der Waals surface area contributed by atoms with E-state index in [0.717, 1.165) is 9.54 Å². The van der Waals surface area contributed by atoms with E-state index in [1.54, 1.807) is 16.5 Å². The molecule has 1 aromatic carbocycles. The van der Waals surface area contributed by atoms with Crippen LogP contribution in [0.3, 0.4) is 0 Å². The molecule has 0 nitrogen and oxygen atoms in total. The maximum absolute atomic E-state index is 2.61. The number of benzene rings is 1. The SMILES string of the molecule is CCCC(C)C1=[C]([Zr+2][CH]2C(P(C(C)(C)C)C(C)(C)C)=Cc3ccccc32)CC=C1.[Cl-].[Cl-]. The van der Waals surface area contributed by atoms with Crippen LogP contribution in [0, 0.1) is 5.92 Å². The number of fused-ring (bicyclic) bond motifs is 1. The molecule has 0 radical (unpaired) electrons. The van der Waals surface area contributed by atoms with Gasteiger partial charge in [-0.1, -0.05) is 0 Å². The quantitative estimate of drug-likeness (QED) is 0.473. The molecule has 31 heavy (non-hydrogen) atoms. The van der Waals surface area contributed by atoms with Gasteiger partial charge in [-0.25, -0.2) is 0 Å². The summed E-state index contributed by atoms with van der Waals surface area (Å²) in [5.41, 5.74) is 4.85. The Kier molecular flexibility index (Phi) is 11.0. The van der Waals surface area contributed by atoms with Gasteiger partial charge in [-0.2, -0.15) is 0 Å². The second-order valence-electron chi connectivity index (χ2n) is 10.7. The van der Waals surface area contributed by atoms with Gasteiger partial charge in [0.25, 0.3) is 0 Å². The molecule has 0 bridgehead atoms. The fourth-order valence-electron chi connectivity index (χ4n) is 5.32. The van der Waals surface area contributed by atoms with Gasteiger partial charge in [-0.3, -0.25) is 0 Å². The van der Waals surface area contributed by atoms with Crippen molar-refractivity contribution in [3.05, 3.63) is 61.7 Å². The Hall–Kier alpha value is 0.333. The molecule has 0 N–H and O–H groups in total. The molecule has 2 aliphatic carbocycles. The molecule has 2 atom stereocenters. The first-order valence-corrected chi connectivity index (χ1v) is 15.3. The van der Waals surface area contributed by atoms with Crippen LogP contribution in [0.4, 0.5) is 0 Å². The van der Waals surface area contributed by atoms with E-state index in [1.807, 2.05) is 3.28 Å². The first kappa shape index (κ1) is 29.4. The Morgan fingerprint density at radius 3 is 2.23 bits per heavy atom. The Morgan fingerprint density at radius 1 is 1.03 bits per heavy atom. The van der Waals surface area contributed by atoms with Crippen molar-refractivity contribution in [3.8, 4) is 0 Å². The van der Waals surface area contributed by atoms with Crippen LogP contribution < -0.4 is 24.8 Å². The number of hydrogen-bond donors (Lipinski definition) is 0. The van der Waals surface area contributed by atoms with Crippen LogP contribution in [-0.4, -0.2) is 10.3 Å². The molecule has 2 unspecified atom stereocenters. The van der Waals surface area contributed by atoms with Crippen molar-refractivity contribution in [3.63, 3.8) is 0 Å². The summed E-state index contributed by atoms with van der Waals surface area (Å²) < 4.78 is 2.58. The van der Waals surface area contributed by atoms with Crippen LogP contribution in [0.5, 0.6) is 0 Å². The average Bonchev–Trinajstić information content (AvgIpc) is 3.18. The Morgan fingerprint density at radius 2 is 1.65 bits per heavy atom. The maximum Gasteiger partial charge on any atom is -1.00 e. The third kappa shape index (κ3) is 6.69. The fraction of sp³-hybridized carbons (Fsp3) is 0.556. The van der Waals surface area contributed by atoms with E-state index in [0.29, 0.717) is 10.3 Å². The Labute approximate surface area is 217 Å². The summed E-state index contributed by atoms with van der Waals surface area (Å²) in [6, 6.07) is 9.28. The molecule has 1 aromatic rings. The standard InChI is InChI=1S/C17H24P.C10H15.2ClH.Zr/c1-16(2,3)18(17(4,5)6)15-11-13-9-7-8-10-14(13)12-15;1-3-6-9(2)10-7-4-5-8-10;;;/h7-12H,1-6H3;4,7,9H,3,5-6H2,1-2H3;2*1H;/q;;;;+2/p-2. The summed E-state index contributed by atoms with van der Waals surface area (Å²) in [6.45, 7) is 19.6. The minimum absolute atomic E-state index is 0. The van der Waals surface area contributed by atoms with E-state index in [1.165, 1.54) is 24.8 Å². The van der Waals surface area contributed by atoms with E-state index < -0.39 is 23.2 Å². The van der Waals surface area contributed by atoms with Gasteiger partial charge in [0.15, 0.2) is 0 Å². The molecule has 0 saturated carbocycles. The zero-order valence-corrected chi connectivity index (χ0v) is 25.4. The van der Waals surface area contributed by atoms with E-state index in [9.17, 15) is 0 Å². The van der Waals surface area contributed by atoms with Crippen LogP contribution in [0.2, 0.25) is 0 Å². The van der Waals surface area contributed by atoms with Crippen LogP contribution >= 0.6 is 7.92 Å². The van der Waals surface area contributed by atoms with Crippen molar-refractivity contribution in [1.82, 2.24) is 0 Å². The summed E-state index contributed by atoms with van der Waals surface area (Å²) in [7, 11) is -0.225. The first-order valence-electron chi connectivity index (χ1n) is 11.3. The van der Waals surface area contributed by atoms with Crippen LogP contribution in [0.1, 0.15) is 89.4 Å². The smallest absolute Gasteiger partial charge is 1.00 e. The van der Waals surface area contributed by atoms with Crippen LogP contribution in [-0.2, 0) is 23.2 Å². The number of halogens is 2. The van der Waals surface area contributed by atoms with E-state index >= 15 is 0 Å². The topological polar surface area (TPSA) is 0 Å². The number of hydrogen-bond acceptors (Lipinski definition) is 0. The predicted molar refractivity (Wildman–Crippen MR) is 128 cm³/mol. The van der Waals surface area contributed by atoms with E-state index in [2.05, 4.69) is 97.9 Å². The second kappa shape index (κ2) is 11.6. The average molecular weight is 557 g/mol. The summed E-state index contributed by atoms with van der Waals surface area (Å²) in [6.07, 6.45) is 11.4. The molecule has 0 aromatic heterocycles. The number of rotatable bonds is 6. The minimum atomic E-state index is -0.749. The van der Waals surface area contributed by atoms with Crippen molar-refractivity contribution >= 4 is 14.0 Å². The molecule has 0 aliphatic heterocycles. The van der Waals surface area contributed by atoms with Crippen molar-refractivity contribution in [2.75, 3.05) is 0 Å². The summed E-state index contributed by atoms with van der Waals surface area (Å²) in [5.74, 6) is 0.727. The third-order valence-electron chi connectivity index (χ3n) is 6.05. The molecule has 4 heteroatoms. The van der Waals surface area contributed by atoms with Gasteiger partial charge in [0.2, 0.25) is 0 Å². The first-order chi connectivity index (χ1) is 13.5. The summed E-state index contributed by atoms with van der Waals surface area (Å²) >= 11 is -0.749. The van der Waals surface area contributed by atoms with Crippen molar-refractivity contribution in [2.45, 2.75) is 88.6 Å². The molecule has 0 heterocycles. The molecular weight excluding hydrogens is 517 g/mol. The third-order valence-corrected chi connectivity index (χ3v) is 14.5. The minimum Gasteiger partial charge on any atom is -1.00 e. The van der Waals surface area contributed by atoms with Crippen molar-refractivity contribution in [2.24, 2.45) is 5.92 Å². The van der Waals surface area contributed by atoms with Gasteiger partial charge >= 0.3 is 193 Å². The largest absolute Gasteiger partial charge is 1.00 e. The van der Waals surface area contributed by atoms with Crippen molar-refractivity contribution < 1.29 is 48.0 Å². The van der Waals surface area contributed by atoms with Crippen molar-refractivity contribution in [1.29, 1.82) is 0 Å². The van der Waals surface area contributed by atoms with Gasteiger partial charge in [-0.15, -0.1) is 0 Å². The summed E-state index contributed by atoms with van der Waals surface area (Å²) in [5, 5.41) is 2.47. The molecule has 0 fully saturated rings. The second-order valence-corrected chi connectivity index (χ2v) is 18.2. The zero-order chi connectivity index (χ0) is 21.4. The van der Waals surface area contributed by atoms with E-state index in [4.69, 9.17) is 0 Å². The molecule has 3 rings (SSSR count). The maximum atomic E-state index is 2.61. The molecular formula is C27H39Cl2PZr. The number of allylic oxidation sites excluding steroid dienone is 5. The molecule has 2 aliphatic rings. The Balaban J connectivity index is 0.00000240. The summed E-state index contributed by atoms with van der Waals surface area (Å²) in [4.78, 5) is 0. The monoisotopic (exact) mass is 554 g/mol.